The molecule has 0 N–H and O–H groups in total. The third-order valence-corrected chi connectivity index (χ3v) is 24.3. The summed E-state index contributed by atoms with van der Waals surface area (Å²) in [5, 5.41) is 0. The number of likely N-dealkylation sites (tertiary alicyclic amines) is 7. The molecule has 0 aromatic heterocycles. The van der Waals surface area contributed by atoms with E-state index in [9.17, 15) is 0 Å². The van der Waals surface area contributed by atoms with E-state index >= 15 is 0 Å². The largest absolute Gasteiger partial charge is 0.362 e. The minimum absolute atomic E-state index is 0. The molecule has 0 aliphatic carbocycles. The molecule has 7 aliphatic rings. The van der Waals surface area contributed by atoms with E-state index in [0.717, 1.165) is 69.4 Å². The van der Waals surface area contributed by atoms with Crippen LogP contribution in [-0.2, 0) is 31.7 Å². The quantitative estimate of drug-likeness (QED) is 0.102. The van der Waals surface area contributed by atoms with Crippen molar-refractivity contribution in [1.82, 2.24) is 34.3 Å². The van der Waals surface area contributed by atoms with E-state index in [2.05, 4.69) is 270 Å². The van der Waals surface area contributed by atoms with Crippen molar-refractivity contribution in [3.05, 3.63) is 0 Å². The van der Waals surface area contributed by atoms with Gasteiger partial charge in [-0.3, -0.25) is 4.90 Å². The molecular weight excluding hydrogens is 1320 g/mol. The maximum atomic E-state index is 6.03. The highest BCUT2D eigenvalue weighted by molar-refractivity contribution is 7.69. The molecule has 14 nitrogen and oxygen atoms in total. The van der Waals surface area contributed by atoms with Crippen molar-refractivity contribution < 1.29 is 31.7 Å². The highest BCUT2D eigenvalue weighted by Gasteiger charge is 2.35. The Balaban J connectivity index is -0.000000505. The van der Waals surface area contributed by atoms with Gasteiger partial charge in [-0.25, -0.2) is 0 Å². The molecule has 0 saturated carbocycles. The number of likely N-dealkylation sites (N-methyl/N-ethyl adjacent to an activating group) is 6. The molecule has 7 rings (SSSR count). The van der Waals surface area contributed by atoms with Gasteiger partial charge >= 0.3 is 0 Å². The average molecular weight is 1490 g/mol. The fourth-order valence-corrected chi connectivity index (χ4v) is 18.3. The first-order valence-electron chi connectivity index (χ1n) is 34.7. The van der Waals surface area contributed by atoms with Crippen molar-refractivity contribution in [2.24, 2.45) is 29.6 Å². The Labute approximate surface area is 598 Å². The van der Waals surface area contributed by atoms with Gasteiger partial charge in [0.2, 0.25) is 0 Å². The zero-order valence-corrected chi connectivity index (χ0v) is 71.3. The zero-order valence-electron chi connectivity index (χ0n) is 65.0. The van der Waals surface area contributed by atoms with Gasteiger partial charge in [0.1, 0.15) is 0 Å². The average Bonchev–Trinajstić information content (AvgIpc) is 1.81. The molecule has 7 fully saturated rings. The summed E-state index contributed by atoms with van der Waals surface area (Å²) in [6.07, 6.45) is 40.9. The van der Waals surface area contributed by atoms with Crippen molar-refractivity contribution in [2.75, 3.05) is 221 Å². The Hall–Kier alpha value is 1.54. The summed E-state index contributed by atoms with van der Waals surface area (Å²) in [5.41, 5.74) is 0. The van der Waals surface area contributed by atoms with Gasteiger partial charge in [0.25, 0.3) is 0 Å². The second kappa shape index (κ2) is 47.2. The van der Waals surface area contributed by atoms with Crippen molar-refractivity contribution in [3.8, 4) is 0 Å². The van der Waals surface area contributed by atoms with Gasteiger partial charge in [0.15, 0.2) is 0 Å². The van der Waals surface area contributed by atoms with Gasteiger partial charge in [0.05, 0.1) is 44.7 Å². The van der Waals surface area contributed by atoms with Gasteiger partial charge in [-0.05, 0) is 293 Å². The summed E-state index contributed by atoms with van der Waals surface area (Å²) >= 11 is 0. The highest BCUT2D eigenvalue weighted by Crippen LogP contribution is 2.45. The Bertz CT molecular complexity index is 2270. The van der Waals surface area contributed by atoms with E-state index in [4.69, 9.17) is 31.7 Å². The summed E-state index contributed by atoms with van der Waals surface area (Å²) in [6.45, 7) is 58.5. The van der Waals surface area contributed by atoms with Crippen LogP contribution in [0.5, 0.6) is 0 Å². The smallest absolute Gasteiger partial charge is 0.0782 e. The van der Waals surface area contributed by atoms with Crippen LogP contribution in [0.25, 0.3) is 0 Å². The third kappa shape index (κ3) is 46.9. The first-order valence-corrected chi connectivity index (χ1v) is 54.2. The number of rotatable bonds is 21. The molecular formula is C74H170N7O7P7. The third-order valence-electron chi connectivity index (χ3n) is 18.3. The number of nitrogens with zero attached hydrogens (tertiary/aromatic N) is 7. The monoisotopic (exact) mass is 1490 g/mol. The summed E-state index contributed by atoms with van der Waals surface area (Å²) < 4.78 is 41.2. The molecule has 21 heteroatoms. The fourth-order valence-electron chi connectivity index (χ4n) is 13.1. The molecule has 7 aliphatic heterocycles. The number of hydrogen-bond donors (Lipinski definition) is 0. The van der Waals surface area contributed by atoms with E-state index in [1.54, 1.807) is 0 Å². The second-order valence-corrected chi connectivity index (χ2v) is 56.2. The maximum absolute atomic E-state index is 6.03. The van der Waals surface area contributed by atoms with E-state index in [1.807, 2.05) is 0 Å². The molecule has 578 valence electrons. The van der Waals surface area contributed by atoms with Gasteiger partial charge < -0.3 is 61.1 Å². The maximum Gasteiger partial charge on any atom is 0.0782 e. The zero-order chi connectivity index (χ0) is 70.4. The Morgan fingerprint density at radius 3 is 1.17 bits per heavy atom. The van der Waals surface area contributed by atoms with Crippen molar-refractivity contribution >= 4 is 93.9 Å². The SMILES string of the molecule is C.C.C.C.C=P(C)(C)OC1CC(CC)N(C)C1.C=P(C)(C)OC1CCN(C)C1CC.C=P(C)(C)OC1CN(C)CC1CC.C=P(C)(C)OCC1C(C)CCN1C.C=P(C)(C)OCC1CC(C)CN1C.C=P(C)(C)OCC1CCC(C)N1C.C=P(C)(C)OCC1CN(C)CC1C. The molecule has 14 unspecified atom stereocenters. The summed E-state index contributed by atoms with van der Waals surface area (Å²) in [7, 11) is 6.18. The molecule has 0 aromatic carbocycles. The molecule has 14 atom stereocenters. The predicted octanol–water partition coefficient (Wildman–Crippen LogP) is 16.6. The second-order valence-electron chi connectivity index (χ2n) is 32.5. The molecule has 0 aromatic rings. The van der Waals surface area contributed by atoms with Gasteiger partial charge in [-0.15, -0.1) is 0 Å². The van der Waals surface area contributed by atoms with Crippen LogP contribution in [0, 0.1) is 29.6 Å². The van der Waals surface area contributed by atoms with Crippen molar-refractivity contribution in [2.45, 2.75) is 191 Å². The molecule has 0 bridgehead atoms. The Kier molecular flexibility index (Phi) is 51.1. The molecule has 95 heavy (non-hydrogen) atoms. The molecule has 0 spiro atoms. The topological polar surface area (TPSA) is 87.3 Å². The number of hydrogen-bond acceptors (Lipinski definition) is 14. The predicted molar refractivity (Wildman–Crippen MR) is 461 cm³/mol. The Morgan fingerprint density at radius 1 is 0.358 bits per heavy atom. The Morgan fingerprint density at radius 2 is 0.789 bits per heavy atom. The molecule has 7 saturated heterocycles. The summed E-state index contributed by atoms with van der Waals surface area (Å²) in [5.74, 6) is 3.80. The summed E-state index contributed by atoms with van der Waals surface area (Å²) in [6, 6.07) is 3.91. The lowest BCUT2D eigenvalue weighted by Gasteiger charge is -2.27. The van der Waals surface area contributed by atoms with Crippen LogP contribution in [-0.4, -0.2) is 354 Å². The van der Waals surface area contributed by atoms with Crippen LogP contribution >= 0.6 is 49.8 Å². The molecule has 7 heterocycles. The van der Waals surface area contributed by atoms with Gasteiger partial charge in [-0.2, -0.15) is 0 Å². The minimum Gasteiger partial charge on any atom is -0.362 e. The van der Waals surface area contributed by atoms with E-state index in [0.29, 0.717) is 54.3 Å². The van der Waals surface area contributed by atoms with Crippen LogP contribution in [0.1, 0.15) is 136 Å². The van der Waals surface area contributed by atoms with Crippen LogP contribution in [0.2, 0.25) is 0 Å². The van der Waals surface area contributed by atoms with Crippen LogP contribution < -0.4 is 0 Å². The lowest BCUT2D eigenvalue weighted by atomic mass is 10.00. The highest BCUT2D eigenvalue weighted by atomic mass is 31.2. The standard InChI is InChI=1S/7C10H22NOP.4CH4/c1-9-6-11(2)7-10(9)8-12-13(3,4)5;1-9-6-10(11(2)7-9)8-12-13(3,4)5;1-9-6-7-11(2)10(9)8-12-13(3,4)5;1-9-6-7-10(11(9)2)8-12-13(3,4)5;1-6-9-7-11(2)8-10(9)12-13(3,4)5;1-6-9-7-10(8-11(9)2)12-13(3,4)5;1-6-9-10(7-8-11(9)2)12-13(3,4)5;;;;/h7*9-10H,3,6-8H2,1-2,4-5H3;4*1H4. The normalized spacial score (nSPS) is 29.8. The van der Waals surface area contributed by atoms with Crippen LogP contribution in [0.15, 0.2) is 0 Å². The minimum atomic E-state index is -1.32. The van der Waals surface area contributed by atoms with Crippen molar-refractivity contribution in [3.63, 3.8) is 0 Å². The van der Waals surface area contributed by atoms with E-state index in [-0.39, 0.29) is 29.7 Å². The molecule has 0 amide bonds. The first kappa shape index (κ1) is 103. The fraction of sp³-hybridized carbons (Fsp3) is 0.905. The first-order chi connectivity index (χ1) is 41.3. The van der Waals surface area contributed by atoms with Gasteiger partial charge in [-0.1, -0.05) is 115 Å². The lowest BCUT2D eigenvalue weighted by Crippen LogP contribution is -2.33. The van der Waals surface area contributed by atoms with Crippen LogP contribution in [0.4, 0.5) is 0 Å². The van der Waals surface area contributed by atoms with Crippen LogP contribution in [0.3, 0.4) is 0 Å². The lowest BCUT2D eigenvalue weighted by molar-refractivity contribution is 0.161. The summed E-state index contributed by atoms with van der Waals surface area (Å²) in [4.78, 5) is 16.8. The van der Waals surface area contributed by atoms with E-state index < -0.39 is 49.8 Å². The molecule has 0 radical (unpaired) electrons. The van der Waals surface area contributed by atoms with Crippen molar-refractivity contribution in [1.29, 1.82) is 0 Å². The van der Waals surface area contributed by atoms with E-state index in [1.165, 1.54) is 97.1 Å². The van der Waals surface area contributed by atoms with Gasteiger partial charge in [0, 0.05) is 82.1 Å².